The average Bonchev–Trinajstić information content (AvgIpc) is 2.72. The van der Waals surface area contributed by atoms with Crippen molar-refractivity contribution in [2.75, 3.05) is 0 Å². The van der Waals surface area contributed by atoms with E-state index in [2.05, 4.69) is 6.58 Å². The van der Waals surface area contributed by atoms with Crippen molar-refractivity contribution in [3.63, 3.8) is 0 Å². The number of hydrogen-bond acceptors (Lipinski definition) is 5. The van der Waals surface area contributed by atoms with Crippen LogP contribution in [0.2, 0.25) is 0 Å². The van der Waals surface area contributed by atoms with Crippen LogP contribution in [0.15, 0.2) is 61.2 Å². The molecule has 1 aliphatic rings. The monoisotopic (exact) mass is 338 g/mol. The van der Waals surface area contributed by atoms with E-state index in [1.165, 1.54) is 18.2 Å². The first kappa shape index (κ1) is 16.9. The van der Waals surface area contributed by atoms with Gasteiger partial charge in [-0.05, 0) is 18.1 Å². The molecule has 0 aliphatic carbocycles. The first-order chi connectivity index (χ1) is 12.1. The van der Waals surface area contributed by atoms with Crippen molar-refractivity contribution in [3.8, 4) is 5.75 Å². The summed E-state index contributed by atoms with van der Waals surface area (Å²) >= 11 is 0. The molecule has 0 aromatic heterocycles. The van der Waals surface area contributed by atoms with Gasteiger partial charge in [-0.3, -0.25) is 15.0 Å². The summed E-state index contributed by atoms with van der Waals surface area (Å²) in [5.74, 6) is 0.00339. The first-order valence-corrected chi connectivity index (χ1v) is 7.96. The lowest BCUT2D eigenvalue weighted by Crippen LogP contribution is -2.40. The number of carbonyl (C=O) groups is 1. The van der Waals surface area contributed by atoms with Gasteiger partial charge in [0.2, 0.25) is 0 Å². The van der Waals surface area contributed by atoms with Gasteiger partial charge in [0.1, 0.15) is 11.8 Å². The number of nitrogens with zero attached hydrogens (tertiary/aromatic N) is 2. The van der Waals surface area contributed by atoms with Crippen LogP contribution in [0, 0.1) is 10.1 Å². The summed E-state index contributed by atoms with van der Waals surface area (Å²) in [6.07, 6.45) is 2.13. The Hall–Kier alpha value is -2.99. The normalized spacial score (nSPS) is 17.3. The van der Waals surface area contributed by atoms with Gasteiger partial charge in [-0.2, -0.15) is 0 Å². The molecule has 128 valence electrons. The zero-order valence-electron chi connectivity index (χ0n) is 13.6. The Balaban J connectivity index is 1.97. The Bertz CT molecular complexity index is 804. The van der Waals surface area contributed by atoms with Crippen LogP contribution in [0.1, 0.15) is 17.5 Å². The van der Waals surface area contributed by atoms with Crippen LogP contribution in [0.4, 0.5) is 5.69 Å². The molecule has 1 atom stereocenters. The summed E-state index contributed by atoms with van der Waals surface area (Å²) in [6.45, 7) is 4.65. The van der Waals surface area contributed by atoms with E-state index in [1.54, 1.807) is 6.08 Å². The molecule has 0 N–H and O–H groups in total. The number of rotatable bonds is 5. The molecule has 0 fully saturated rings. The van der Waals surface area contributed by atoms with E-state index in [9.17, 15) is 14.9 Å². The molecule has 3 rings (SSSR count). The molecule has 0 saturated carbocycles. The molecule has 0 saturated heterocycles. The highest BCUT2D eigenvalue weighted by Gasteiger charge is 2.32. The van der Waals surface area contributed by atoms with E-state index < -0.39 is 11.0 Å². The molecule has 0 radical (unpaired) electrons. The van der Waals surface area contributed by atoms with Crippen molar-refractivity contribution in [2.24, 2.45) is 0 Å². The third-order valence-corrected chi connectivity index (χ3v) is 4.17. The van der Waals surface area contributed by atoms with Gasteiger partial charge in [0.15, 0.2) is 0 Å². The SMILES string of the molecule is C=CCC1C(=O)Oc2ccc([N+](=O)[O-])cc2CN1Cc1ccccc1. The van der Waals surface area contributed by atoms with Crippen LogP contribution in [-0.2, 0) is 17.9 Å². The lowest BCUT2D eigenvalue weighted by molar-refractivity contribution is -0.384. The van der Waals surface area contributed by atoms with Crippen molar-refractivity contribution < 1.29 is 14.5 Å². The summed E-state index contributed by atoms with van der Waals surface area (Å²) < 4.78 is 5.47. The van der Waals surface area contributed by atoms with Crippen LogP contribution < -0.4 is 4.74 Å². The molecule has 1 aliphatic heterocycles. The zero-order valence-corrected chi connectivity index (χ0v) is 13.6. The van der Waals surface area contributed by atoms with Gasteiger partial charge in [0.25, 0.3) is 5.69 Å². The fourth-order valence-corrected chi connectivity index (χ4v) is 2.94. The maximum Gasteiger partial charge on any atom is 0.329 e. The highest BCUT2D eigenvalue weighted by atomic mass is 16.6. The predicted octanol–water partition coefficient (Wildman–Crippen LogP) is 3.46. The summed E-state index contributed by atoms with van der Waals surface area (Å²) in [5, 5.41) is 11.0. The first-order valence-electron chi connectivity index (χ1n) is 7.96. The second-order valence-electron chi connectivity index (χ2n) is 5.90. The number of hydrogen-bond donors (Lipinski definition) is 0. The van der Waals surface area contributed by atoms with Gasteiger partial charge >= 0.3 is 5.97 Å². The molecule has 0 bridgehead atoms. The number of nitro groups is 1. The predicted molar refractivity (Wildman–Crippen MR) is 93.0 cm³/mol. The minimum absolute atomic E-state index is 0.0170. The van der Waals surface area contributed by atoms with Gasteiger partial charge in [0, 0.05) is 30.8 Å². The molecule has 1 heterocycles. The van der Waals surface area contributed by atoms with E-state index in [1.807, 2.05) is 35.2 Å². The number of carbonyl (C=O) groups excluding carboxylic acids is 1. The largest absolute Gasteiger partial charge is 0.425 e. The van der Waals surface area contributed by atoms with Crippen LogP contribution in [0.3, 0.4) is 0 Å². The van der Waals surface area contributed by atoms with E-state index in [4.69, 9.17) is 4.74 Å². The third kappa shape index (κ3) is 3.75. The summed E-state index contributed by atoms with van der Waals surface area (Å²) in [7, 11) is 0. The van der Waals surface area contributed by atoms with Crippen molar-refractivity contribution in [1.29, 1.82) is 0 Å². The molecule has 2 aromatic carbocycles. The Morgan fingerprint density at radius 2 is 2.04 bits per heavy atom. The van der Waals surface area contributed by atoms with E-state index in [0.717, 1.165) is 5.56 Å². The van der Waals surface area contributed by atoms with E-state index in [0.29, 0.717) is 30.8 Å². The summed E-state index contributed by atoms with van der Waals surface area (Å²) in [6, 6.07) is 13.6. The Morgan fingerprint density at radius 1 is 1.28 bits per heavy atom. The Morgan fingerprint density at radius 3 is 2.72 bits per heavy atom. The highest BCUT2D eigenvalue weighted by molar-refractivity contribution is 5.79. The Labute approximate surface area is 145 Å². The topological polar surface area (TPSA) is 72.7 Å². The summed E-state index contributed by atoms with van der Waals surface area (Å²) in [5.41, 5.74) is 1.67. The fraction of sp³-hybridized carbons (Fsp3) is 0.211. The Kier molecular flexibility index (Phi) is 4.90. The molecule has 0 spiro atoms. The van der Waals surface area contributed by atoms with Crippen LogP contribution in [0.5, 0.6) is 5.75 Å². The molecule has 1 unspecified atom stereocenters. The second-order valence-corrected chi connectivity index (χ2v) is 5.90. The molecule has 0 amide bonds. The maximum atomic E-state index is 12.5. The molecule has 25 heavy (non-hydrogen) atoms. The lowest BCUT2D eigenvalue weighted by atomic mass is 10.1. The average molecular weight is 338 g/mol. The number of fused-ring (bicyclic) bond motifs is 1. The molecule has 6 nitrogen and oxygen atoms in total. The number of ether oxygens (including phenoxy) is 1. The van der Waals surface area contributed by atoms with Crippen molar-refractivity contribution in [3.05, 3.63) is 82.4 Å². The number of esters is 1. The van der Waals surface area contributed by atoms with Crippen LogP contribution >= 0.6 is 0 Å². The van der Waals surface area contributed by atoms with Gasteiger partial charge in [-0.1, -0.05) is 36.4 Å². The smallest absolute Gasteiger partial charge is 0.329 e. The highest BCUT2D eigenvalue weighted by Crippen LogP contribution is 2.31. The minimum Gasteiger partial charge on any atom is -0.425 e. The van der Waals surface area contributed by atoms with Gasteiger partial charge in [-0.25, -0.2) is 4.79 Å². The van der Waals surface area contributed by atoms with Gasteiger partial charge in [-0.15, -0.1) is 6.58 Å². The number of nitro benzene ring substituents is 1. The summed E-state index contributed by atoms with van der Waals surface area (Å²) in [4.78, 5) is 25.1. The van der Waals surface area contributed by atoms with Gasteiger partial charge in [0.05, 0.1) is 4.92 Å². The van der Waals surface area contributed by atoms with Crippen molar-refractivity contribution >= 4 is 11.7 Å². The second kappa shape index (κ2) is 7.27. The standard InChI is InChI=1S/C19H18N2O4/c1-2-6-17-19(22)25-18-10-9-16(21(23)24)11-15(18)13-20(17)12-14-7-4-3-5-8-14/h2-5,7-11,17H,1,6,12-13H2. The quantitative estimate of drug-likeness (QED) is 0.274. The third-order valence-electron chi connectivity index (χ3n) is 4.17. The zero-order chi connectivity index (χ0) is 17.8. The van der Waals surface area contributed by atoms with Crippen molar-refractivity contribution in [2.45, 2.75) is 25.6 Å². The maximum absolute atomic E-state index is 12.5. The minimum atomic E-state index is -0.482. The van der Waals surface area contributed by atoms with Crippen LogP contribution in [0.25, 0.3) is 0 Å². The van der Waals surface area contributed by atoms with Gasteiger partial charge < -0.3 is 4.74 Å². The molecular weight excluding hydrogens is 320 g/mol. The number of non-ortho nitro benzene ring substituents is 1. The van der Waals surface area contributed by atoms with E-state index >= 15 is 0 Å². The van der Waals surface area contributed by atoms with Crippen LogP contribution in [-0.4, -0.2) is 21.8 Å². The fourth-order valence-electron chi connectivity index (χ4n) is 2.94. The number of benzene rings is 2. The molecule has 6 heteroatoms. The molecular formula is C19H18N2O4. The lowest BCUT2D eigenvalue weighted by Gasteiger charge is -2.26. The van der Waals surface area contributed by atoms with Crippen molar-refractivity contribution in [1.82, 2.24) is 4.90 Å². The van der Waals surface area contributed by atoms with E-state index in [-0.39, 0.29) is 11.7 Å². The molecule has 2 aromatic rings.